The van der Waals surface area contributed by atoms with Crippen molar-refractivity contribution in [2.24, 2.45) is 23.7 Å². The van der Waals surface area contributed by atoms with E-state index in [1.165, 1.54) is 38.5 Å². The average molecular weight is 403 g/mol. The maximum absolute atomic E-state index is 10.1. The molecule has 3 heteroatoms. The molecular formula is C26H42O3. The van der Waals surface area contributed by atoms with E-state index in [1.807, 2.05) is 13.8 Å². The predicted molar refractivity (Wildman–Crippen MR) is 119 cm³/mol. The van der Waals surface area contributed by atoms with Crippen molar-refractivity contribution in [2.75, 3.05) is 0 Å². The second-order valence-electron chi connectivity index (χ2n) is 10.7. The average Bonchev–Trinajstić information content (AvgIpc) is 3.08. The van der Waals surface area contributed by atoms with Gasteiger partial charge in [0.2, 0.25) is 0 Å². The molecule has 3 saturated carbocycles. The zero-order valence-electron chi connectivity index (χ0n) is 18.7. The Morgan fingerprint density at radius 3 is 2.45 bits per heavy atom. The molecule has 0 spiro atoms. The quantitative estimate of drug-likeness (QED) is 0.527. The van der Waals surface area contributed by atoms with Crippen molar-refractivity contribution in [3.63, 3.8) is 0 Å². The van der Waals surface area contributed by atoms with Gasteiger partial charge in [-0.2, -0.15) is 0 Å². The van der Waals surface area contributed by atoms with E-state index in [1.54, 1.807) is 5.57 Å². The number of fused-ring (bicyclic) bond motifs is 1. The maximum Gasteiger partial charge on any atom is 0.0809 e. The maximum atomic E-state index is 10.1. The SMILES string of the molecule is C=C1[C@H](O)CC(=C/C=C2\CCC[C@@H]3C([C@@H](C)CCCC(C)(C)O)CC[C@@H]23)C[C@H]1O. The first kappa shape index (κ1) is 22.8. The molecule has 0 aromatic carbocycles. The lowest BCUT2D eigenvalue weighted by atomic mass is 9.71. The molecule has 3 nitrogen and oxygen atoms in total. The van der Waals surface area contributed by atoms with Crippen LogP contribution in [0.2, 0.25) is 0 Å². The summed E-state index contributed by atoms with van der Waals surface area (Å²) >= 11 is 0. The summed E-state index contributed by atoms with van der Waals surface area (Å²) in [7, 11) is 0. The third-order valence-corrected chi connectivity index (χ3v) is 7.84. The second kappa shape index (κ2) is 9.49. The van der Waals surface area contributed by atoms with Gasteiger partial charge < -0.3 is 15.3 Å². The van der Waals surface area contributed by atoms with E-state index in [4.69, 9.17) is 0 Å². The molecule has 1 unspecified atom stereocenters. The Balaban J connectivity index is 1.61. The Labute approximate surface area is 177 Å². The zero-order valence-corrected chi connectivity index (χ0v) is 18.7. The van der Waals surface area contributed by atoms with Gasteiger partial charge in [-0.05, 0) is 94.5 Å². The van der Waals surface area contributed by atoms with Crippen molar-refractivity contribution in [2.45, 2.75) is 103 Å². The highest BCUT2D eigenvalue weighted by molar-refractivity contribution is 5.28. The van der Waals surface area contributed by atoms with Crippen LogP contribution in [0, 0.1) is 23.7 Å². The summed E-state index contributed by atoms with van der Waals surface area (Å²) in [6, 6.07) is 0. The van der Waals surface area contributed by atoms with E-state index < -0.39 is 17.8 Å². The number of hydrogen-bond acceptors (Lipinski definition) is 3. The lowest BCUT2D eigenvalue weighted by Crippen LogP contribution is -2.28. The molecule has 0 bridgehead atoms. The minimum Gasteiger partial charge on any atom is -0.390 e. The Bertz CT molecular complexity index is 623. The first-order valence-corrected chi connectivity index (χ1v) is 11.8. The summed E-state index contributed by atoms with van der Waals surface area (Å²) in [5.41, 5.74) is 2.75. The molecule has 0 saturated heterocycles. The molecule has 3 fully saturated rings. The first-order valence-electron chi connectivity index (χ1n) is 11.8. The molecule has 3 aliphatic carbocycles. The van der Waals surface area contributed by atoms with E-state index >= 15 is 0 Å². The monoisotopic (exact) mass is 402 g/mol. The van der Waals surface area contributed by atoms with Crippen LogP contribution in [0.5, 0.6) is 0 Å². The summed E-state index contributed by atoms with van der Waals surface area (Å²) < 4.78 is 0. The first-order chi connectivity index (χ1) is 13.7. The molecule has 0 heterocycles. The van der Waals surface area contributed by atoms with E-state index in [0.29, 0.717) is 18.4 Å². The summed E-state index contributed by atoms with van der Waals surface area (Å²) in [6.07, 6.45) is 14.2. The van der Waals surface area contributed by atoms with Crippen LogP contribution < -0.4 is 0 Å². The van der Waals surface area contributed by atoms with Gasteiger partial charge in [-0.1, -0.05) is 49.6 Å². The van der Waals surface area contributed by atoms with Gasteiger partial charge in [0.1, 0.15) is 0 Å². The lowest BCUT2D eigenvalue weighted by Gasteiger charge is -2.34. The number of rotatable bonds is 6. The Kier molecular flexibility index (Phi) is 7.46. The van der Waals surface area contributed by atoms with Crippen LogP contribution in [0.15, 0.2) is 35.5 Å². The van der Waals surface area contributed by atoms with Gasteiger partial charge in [0.15, 0.2) is 0 Å². The fourth-order valence-corrected chi connectivity index (χ4v) is 6.11. The molecule has 3 aliphatic rings. The van der Waals surface area contributed by atoms with Crippen molar-refractivity contribution in [3.8, 4) is 0 Å². The van der Waals surface area contributed by atoms with Crippen molar-refractivity contribution in [1.29, 1.82) is 0 Å². The third-order valence-electron chi connectivity index (χ3n) is 7.84. The highest BCUT2D eigenvalue weighted by Gasteiger charge is 2.41. The molecule has 0 aromatic rings. The normalized spacial score (nSPS) is 35.7. The van der Waals surface area contributed by atoms with Gasteiger partial charge in [0, 0.05) is 0 Å². The minimum atomic E-state index is -0.608. The van der Waals surface area contributed by atoms with E-state index in [-0.39, 0.29) is 0 Å². The van der Waals surface area contributed by atoms with E-state index in [9.17, 15) is 15.3 Å². The van der Waals surface area contributed by atoms with Crippen LogP contribution in [-0.2, 0) is 0 Å². The minimum absolute atomic E-state index is 0.543. The molecule has 6 atom stereocenters. The van der Waals surface area contributed by atoms with Gasteiger partial charge in [0.05, 0.1) is 17.8 Å². The van der Waals surface area contributed by atoms with Crippen molar-refractivity contribution >= 4 is 0 Å². The van der Waals surface area contributed by atoms with E-state index in [2.05, 4.69) is 25.7 Å². The molecule has 29 heavy (non-hydrogen) atoms. The summed E-state index contributed by atoms with van der Waals surface area (Å²) in [6.45, 7) is 10.1. The Morgan fingerprint density at radius 2 is 1.79 bits per heavy atom. The van der Waals surface area contributed by atoms with Gasteiger partial charge in [-0.25, -0.2) is 0 Å². The molecular weight excluding hydrogens is 360 g/mol. The number of aliphatic hydroxyl groups excluding tert-OH is 2. The summed E-state index contributed by atoms with van der Waals surface area (Å²) in [5.74, 6) is 3.09. The standard InChI is InChI=1S/C26H42O3/c1-17(7-6-14-26(3,4)29)21-12-13-22-20(8-5-9-23(21)22)11-10-19-15-24(27)18(2)25(28)16-19/h10-11,17,21-25,27-29H,2,5-9,12-16H2,1,3-4H3/b20-11+/t17-,21?,22-,23+,24+,25+/m0/s1. The summed E-state index contributed by atoms with van der Waals surface area (Å²) in [4.78, 5) is 0. The predicted octanol–water partition coefficient (Wildman–Crippen LogP) is 5.31. The van der Waals surface area contributed by atoms with Gasteiger partial charge in [-0.15, -0.1) is 0 Å². The largest absolute Gasteiger partial charge is 0.390 e. The number of allylic oxidation sites excluding steroid dienone is 3. The molecule has 3 rings (SSSR count). The zero-order chi connectivity index (χ0) is 21.2. The van der Waals surface area contributed by atoms with Crippen LogP contribution in [0.25, 0.3) is 0 Å². The van der Waals surface area contributed by atoms with Crippen molar-refractivity contribution < 1.29 is 15.3 Å². The van der Waals surface area contributed by atoms with Crippen LogP contribution >= 0.6 is 0 Å². The lowest BCUT2D eigenvalue weighted by molar-refractivity contribution is 0.0651. The van der Waals surface area contributed by atoms with Gasteiger partial charge >= 0.3 is 0 Å². The van der Waals surface area contributed by atoms with E-state index in [0.717, 1.165) is 42.1 Å². The van der Waals surface area contributed by atoms with Crippen LogP contribution in [0.1, 0.15) is 85.0 Å². The van der Waals surface area contributed by atoms with Crippen molar-refractivity contribution in [1.82, 2.24) is 0 Å². The van der Waals surface area contributed by atoms with Gasteiger partial charge in [0.25, 0.3) is 0 Å². The molecule has 3 N–H and O–H groups in total. The molecule has 0 radical (unpaired) electrons. The molecule has 0 amide bonds. The third kappa shape index (κ3) is 5.83. The fraction of sp³-hybridized carbons (Fsp3) is 0.769. The molecule has 0 aliphatic heterocycles. The highest BCUT2D eigenvalue weighted by atomic mass is 16.3. The highest BCUT2D eigenvalue weighted by Crippen LogP contribution is 2.51. The Hall–Kier alpha value is -0.900. The fourth-order valence-electron chi connectivity index (χ4n) is 6.11. The molecule has 0 aromatic heterocycles. The Morgan fingerprint density at radius 1 is 1.10 bits per heavy atom. The van der Waals surface area contributed by atoms with Crippen LogP contribution in [-0.4, -0.2) is 33.1 Å². The number of aliphatic hydroxyl groups is 3. The van der Waals surface area contributed by atoms with Crippen LogP contribution in [0.4, 0.5) is 0 Å². The number of hydrogen-bond donors (Lipinski definition) is 3. The van der Waals surface area contributed by atoms with Crippen LogP contribution in [0.3, 0.4) is 0 Å². The summed E-state index contributed by atoms with van der Waals surface area (Å²) in [5, 5.41) is 30.2. The van der Waals surface area contributed by atoms with Gasteiger partial charge in [-0.3, -0.25) is 0 Å². The second-order valence-corrected chi connectivity index (χ2v) is 10.7. The topological polar surface area (TPSA) is 60.7 Å². The smallest absolute Gasteiger partial charge is 0.0809 e. The van der Waals surface area contributed by atoms with Crippen molar-refractivity contribution in [3.05, 3.63) is 35.5 Å². The molecule has 164 valence electrons.